The Kier molecular flexibility index (Phi) is 4.24. The fourth-order valence-corrected chi connectivity index (χ4v) is 3.60. The van der Waals surface area contributed by atoms with Gasteiger partial charge in [-0.05, 0) is 24.5 Å². The normalized spacial score (nSPS) is 17.1. The van der Waals surface area contributed by atoms with E-state index in [2.05, 4.69) is 4.72 Å². The molecule has 0 heterocycles. The first-order chi connectivity index (χ1) is 8.59. The van der Waals surface area contributed by atoms with E-state index in [9.17, 15) is 13.5 Å². The number of phenols is 1. The molecule has 0 aliphatic heterocycles. The monoisotopic (exact) mass is 269 g/mol. The van der Waals surface area contributed by atoms with E-state index < -0.39 is 10.0 Å². The zero-order valence-corrected chi connectivity index (χ0v) is 11.1. The van der Waals surface area contributed by atoms with Crippen LogP contribution in [-0.2, 0) is 10.0 Å². The van der Waals surface area contributed by atoms with E-state index in [0.717, 1.165) is 6.42 Å². The topological polar surface area (TPSA) is 66.4 Å². The van der Waals surface area contributed by atoms with Gasteiger partial charge in [0.1, 0.15) is 10.6 Å². The van der Waals surface area contributed by atoms with Gasteiger partial charge in [-0.1, -0.05) is 37.8 Å². The minimum atomic E-state index is -3.58. The highest BCUT2D eigenvalue weighted by Crippen LogP contribution is 2.27. The molecule has 1 aromatic rings. The Hall–Kier alpha value is -1.07. The minimum Gasteiger partial charge on any atom is -0.507 e. The molecule has 0 aromatic heterocycles. The van der Waals surface area contributed by atoms with Crippen molar-refractivity contribution in [2.24, 2.45) is 5.92 Å². The van der Waals surface area contributed by atoms with Gasteiger partial charge in [0, 0.05) is 6.54 Å². The van der Waals surface area contributed by atoms with Crippen molar-refractivity contribution in [2.75, 3.05) is 6.54 Å². The number of hydrogen-bond donors (Lipinski definition) is 2. The van der Waals surface area contributed by atoms with Crippen LogP contribution in [0, 0.1) is 5.92 Å². The molecule has 1 aliphatic rings. The molecule has 1 fully saturated rings. The Morgan fingerprint density at radius 3 is 2.56 bits per heavy atom. The highest BCUT2D eigenvalue weighted by atomic mass is 32.2. The van der Waals surface area contributed by atoms with Crippen molar-refractivity contribution in [2.45, 2.75) is 37.0 Å². The number of nitrogens with one attached hydrogen (secondary N) is 1. The largest absolute Gasteiger partial charge is 0.507 e. The number of rotatable bonds is 5. The molecule has 0 radical (unpaired) electrons. The Labute approximate surface area is 108 Å². The highest BCUT2D eigenvalue weighted by molar-refractivity contribution is 7.89. The molecule has 100 valence electrons. The molecule has 18 heavy (non-hydrogen) atoms. The lowest BCUT2D eigenvalue weighted by Crippen LogP contribution is -2.26. The molecule has 0 spiro atoms. The van der Waals surface area contributed by atoms with Crippen molar-refractivity contribution in [3.63, 3.8) is 0 Å². The standard InChI is InChI=1S/C13H19NO3S/c15-12-7-3-4-8-13(12)18(16,17)14-10-9-11-5-1-2-6-11/h3-4,7-8,11,14-15H,1-2,5-6,9-10H2. The number of benzene rings is 1. The SMILES string of the molecule is O=S(=O)(NCCC1CCCC1)c1ccccc1O. The molecule has 5 heteroatoms. The van der Waals surface area contributed by atoms with Gasteiger partial charge >= 0.3 is 0 Å². The smallest absolute Gasteiger partial charge is 0.244 e. The predicted octanol–water partition coefficient (Wildman–Crippen LogP) is 2.25. The van der Waals surface area contributed by atoms with Gasteiger partial charge in [0.2, 0.25) is 10.0 Å². The van der Waals surface area contributed by atoms with E-state index in [1.165, 1.54) is 37.8 Å². The number of aromatic hydroxyl groups is 1. The van der Waals surface area contributed by atoms with E-state index in [4.69, 9.17) is 0 Å². The molecule has 0 amide bonds. The van der Waals surface area contributed by atoms with Crippen LogP contribution in [0.5, 0.6) is 5.75 Å². The van der Waals surface area contributed by atoms with E-state index >= 15 is 0 Å². The van der Waals surface area contributed by atoms with E-state index in [1.807, 2.05) is 0 Å². The van der Waals surface area contributed by atoms with Crippen molar-refractivity contribution in [1.82, 2.24) is 4.72 Å². The first-order valence-corrected chi connectivity index (χ1v) is 7.85. The second-order valence-electron chi connectivity index (χ2n) is 4.80. The average Bonchev–Trinajstić information content (AvgIpc) is 2.82. The van der Waals surface area contributed by atoms with Crippen LogP contribution in [0.1, 0.15) is 32.1 Å². The zero-order chi connectivity index (χ0) is 13.0. The van der Waals surface area contributed by atoms with Gasteiger partial charge in [0.15, 0.2) is 0 Å². The average molecular weight is 269 g/mol. The van der Waals surface area contributed by atoms with Gasteiger partial charge in [-0.2, -0.15) is 0 Å². The summed E-state index contributed by atoms with van der Waals surface area (Å²) in [5, 5.41) is 9.54. The molecule has 0 bridgehead atoms. The molecule has 1 saturated carbocycles. The Bertz CT molecular complexity index is 493. The van der Waals surface area contributed by atoms with Crippen LogP contribution in [0.3, 0.4) is 0 Å². The third-order valence-corrected chi connectivity index (χ3v) is 4.98. The predicted molar refractivity (Wildman–Crippen MR) is 69.9 cm³/mol. The number of sulfonamides is 1. The van der Waals surface area contributed by atoms with Crippen LogP contribution >= 0.6 is 0 Å². The fraction of sp³-hybridized carbons (Fsp3) is 0.538. The number of para-hydroxylation sites is 1. The minimum absolute atomic E-state index is 0.0450. The summed E-state index contributed by atoms with van der Waals surface area (Å²) in [4.78, 5) is -0.0450. The summed E-state index contributed by atoms with van der Waals surface area (Å²) in [6, 6.07) is 6.00. The number of hydrogen-bond acceptors (Lipinski definition) is 3. The summed E-state index contributed by atoms with van der Waals surface area (Å²) in [6.07, 6.45) is 5.82. The molecule has 0 unspecified atom stereocenters. The first kappa shape index (κ1) is 13.4. The van der Waals surface area contributed by atoms with E-state index in [-0.39, 0.29) is 10.6 Å². The van der Waals surface area contributed by atoms with Gasteiger partial charge in [-0.15, -0.1) is 0 Å². The second-order valence-corrected chi connectivity index (χ2v) is 6.54. The van der Waals surface area contributed by atoms with Crippen molar-refractivity contribution in [1.29, 1.82) is 0 Å². The second kappa shape index (κ2) is 5.71. The Balaban J connectivity index is 1.93. The summed E-state index contributed by atoms with van der Waals surface area (Å²) in [6.45, 7) is 0.446. The molecule has 4 nitrogen and oxygen atoms in total. The Morgan fingerprint density at radius 1 is 1.22 bits per heavy atom. The van der Waals surface area contributed by atoms with Gasteiger partial charge < -0.3 is 5.11 Å². The maximum atomic E-state index is 12.0. The summed E-state index contributed by atoms with van der Waals surface area (Å²) in [5.41, 5.74) is 0. The third-order valence-electron chi connectivity index (χ3n) is 3.47. The van der Waals surface area contributed by atoms with E-state index in [0.29, 0.717) is 12.5 Å². The summed E-state index contributed by atoms with van der Waals surface area (Å²) in [5.74, 6) is 0.447. The van der Waals surface area contributed by atoms with Crippen molar-refractivity contribution >= 4 is 10.0 Å². The van der Waals surface area contributed by atoms with Crippen LogP contribution in [0.4, 0.5) is 0 Å². The van der Waals surface area contributed by atoms with Gasteiger partial charge in [-0.3, -0.25) is 0 Å². The van der Waals surface area contributed by atoms with Gasteiger partial charge in [0.05, 0.1) is 0 Å². The van der Waals surface area contributed by atoms with E-state index in [1.54, 1.807) is 12.1 Å². The summed E-state index contributed by atoms with van der Waals surface area (Å²) < 4.78 is 26.5. The highest BCUT2D eigenvalue weighted by Gasteiger charge is 2.19. The molecule has 1 aromatic carbocycles. The number of phenolic OH excluding ortho intramolecular Hbond substituents is 1. The molecule has 0 atom stereocenters. The van der Waals surface area contributed by atoms with Crippen molar-refractivity contribution in [3.05, 3.63) is 24.3 Å². The Morgan fingerprint density at radius 2 is 1.89 bits per heavy atom. The third kappa shape index (κ3) is 3.23. The lowest BCUT2D eigenvalue weighted by Gasteiger charge is -2.11. The molecule has 2 rings (SSSR count). The van der Waals surface area contributed by atoms with Gasteiger partial charge in [-0.25, -0.2) is 13.1 Å². The maximum absolute atomic E-state index is 12.0. The molecular formula is C13H19NO3S. The first-order valence-electron chi connectivity index (χ1n) is 6.37. The van der Waals surface area contributed by atoms with Crippen LogP contribution in [0.25, 0.3) is 0 Å². The van der Waals surface area contributed by atoms with Gasteiger partial charge in [0.25, 0.3) is 0 Å². The zero-order valence-electron chi connectivity index (χ0n) is 10.3. The summed E-state index contributed by atoms with van der Waals surface area (Å²) in [7, 11) is -3.58. The van der Waals surface area contributed by atoms with Crippen LogP contribution in [0.2, 0.25) is 0 Å². The van der Waals surface area contributed by atoms with Crippen LogP contribution < -0.4 is 4.72 Å². The quantitative estimate of drug-likeness (QED) is 0.861. The molecule has 0 saturated heterocycles. The van der Waals surface area contributed by atoms with Crippen LogP contribution in [0.15, 0.2) is 29.2 Å². The molecular weight excluding hydrogens is 250 g/mol. The molecule has 1 aliphatic carbocycles. The lowest BCUT2D eigenvalue weighted by molar-refractivity contribution is 0.456. The molecule has 2 N–H and O–H groups in total. The van der Waals surface area contributed by atoms with Crippen molar-refractivity contribution in [3.8, 4) is 5.75 Å². The fourth-order valence-electron chi connectivity index (χ4n) is 2.46. The maximum Gasteiger partial charge on any atom is 0.244 e. The van der Waals surface area contributed by atoms with Crippen molar-refractivity contribution < 1.29 is 13.5 Å². The van der Waals surface area contributed by atoms with Crippen LogP contribution in [-0.4, -0.2) is 20.1 Å². The summed E-state index contributed by atoms with van der Waals surface area (Å²) >= 11 is 0. The lowest BCUT2D eigenvalue weighted by atomic mass is 10.1.